The number of nitrogens with zero attached hydrogens (tertiary/aromatic N) is 1. The fraction of sp³-hybridized carbons (Fsp3) is 0.692. The molecule has 1 aromatic rings. The van der Waals surface area contributed by atoms with E-state index in [-0.39, 0.29) is 23.5 Å². The first-order valence-corrected chi connectivity index (χ1v) is 8.25. The lowest BCUT2D eigenvalue weighted by molar-refractivity contribution is 0.233. The third-order valence-electron chi connectivity index (χ3n) is 3.65. The molecule has 2 heterocycles. The van der Waals surface area contributed by atoms with Crippen LogP contribution in [-0.2, 0) is 16.6 Å². The summed E-state index contributed by atoms with van der Waals surface area (Å²) in [6.45, 7) is 2.28. The Bertz CT molecular complexity index is 508. The third-order valence-corrected chi connectivity index (χ3v) is 5.48. The van der Waals surface area contributed by atoms with Crippen molar-refractivity contribution < 1.29 is 17.9 Å². The standard InChI is InChI=1S/C13H21NO4S/c1-2-11-6-4-3-5-9-14(11)19(16,17)13-8-7-12(10-15)18-13/h7-8,11,15H,2-6,9-10H2,1H3. The molecule has 108 valence electrons. The van der Waals surface area contributed by atoms with Crippen LogP contribution >= 0.6 is 0 Å². The van der Waals surface area contributed by atoms with Crippen LogP contribution in [0.1, 0.15) is 44.8 Å². The van der Waals surface area contributed by atoms with Crippen molar-refractivity contribution in [3.63, 3.8) is 0 Å². The minimum Gasteiger partial charge on any atom is -0.446 e. The Kier molecular flexibility index (Phi) is 4.65. The van der Waals surface area contributed by atoms with Crippen molar-refractivity contribution in [3.8, 4) is 0 Å². The molecule has 1 unspecified atom stereocenters. The van der Waals surface area contributed by atoms with Crippen molar-refractivity contribution in [1.29, 1.82) is 0 Å². The lowest BCUT2D eigenvalue weighted by Gasteiger charge is -2.27. The number of sulfonamides is 1. The molecule has 0 radical (unpaired) electrons. The van der Waals surface area contributed by atoms with E-state index in [1.165, 1.54) is 12.1 Å². The van der Waals surface area contributed by atoms with Gasteiger partial charge in [0.2, 0.25) is 5.09 Å². The molecule has 1 saturated heterocycles. The molecule has 0 amide bonds. The molecule has 6 heteroatoms. The molecule has 0 aromatic carbocycles. The molecule has 1 fully saturated rings. The van der Waals surface area contributed by atoms with Gasteiger partial charge in [-0.3, -0.25) is 0 Å². The SMILES string of the molecule is CCC1CCCCCN1S(=O)(=O)c1ccc(CO)o1. The van der Waals surface area contributed by atoms with Gasteiger partial charge in [-0.15, -0.1) is 0 Å². The van der Waals surface area contributed by atoms with E-state index in [2.05, 4.69) is 0 Å². The van der Waals surface area contributed by atoms with Gasteiger partial charge in [0.15, 0.2) is 0 Å². The number of hydrogen-bond acceptors (Lipinski definition) is 4. The van der Waals surface area contributed by atoms with Gasteiger partial charge in [-0.2, -0.15) is 4.31 Å². The van der Waals surface area contributed by atoms with E-state index in [9.17, 15) is 8.42 Å². The maximum Gasteiger partial charge on any atom is 0.276 e. The van der Waals surface area contributed by atoms with Gasteiger partial charge in [-0.25, -0.2) is 8.42 Å². The fourth-order valence-corrected chi connectivity index (χ4v) is 4.27. The van der Waals surface area contributed by atoms with Crippen LogP contribution in [-0.4, -0.2) is 30.4 Å². The number of furan rings is 1. The summed E-state index contributed by atoms with van der Waals surface area (Å²) in [5.41, 5.74) is 0. The number of rotatable bonds is 4. The molecule has 0 bridgehead atoms. The highest BCUT2D eigenvalue weighted by Crippen LogP contribution is 2.27. The summed E-state index contributed by atoms with van der Waals surface area (Å²) >= 11 is 0. The van der Waals surface area contributed by atoms with E-state index in [1.807, 2.05) is 6.92 Å². The van der Waals surface area contributed by atoms with Crippen molar-refractivity contribution in [2.24, 2.45) is 0 Å². The van der Waals surface area contributed by atoms with Crippen molar-refractivity contribution in [3.05, 3.63) is 17.9 Å². The zero-order valence-corrected chi connectivity index (χ0v) is 12.0. The predicted molar refractivity (Wildman–Crippen MR) is 71.1 cm³/mol. The van der Waals surface area contributed by atoms with Crippen molar-refractivity contribution in [1.82, 2.24) is 4.31 Å². The second-order valence-corrected chi connectivity index (χ2v) is 6.73. The molecule has 1 atom stereocenters. The molecule has 1 N–H and O–H groups in total. The highest BCUT2D eigenvalue weighted by atomic mass is 32.2. The maximum atomic E-state index is 12.6. The van der Waals surface area contributed by atoms with Crippen LogP contribution in [0.4, 0.5) is 0 Å². The normalized spacial score (nSPS) is 22.3. The average Bonchev–Trinajstić information content (AvgIpc) is 2.76. The predicted octanol–water partition coefficient (Wildman–Crippen LogP) is 2.12. The summed E-state index contributed by atoms with van der Waals surface area (Å²) in [6.07, 6.45) is 4.76. The molecule has 0 spiro atoms. The molecular weight excluding hydrogens is 266 g/mol. The summed E-state index contributed by atoms with van der Waals surface area (Å²) in [7, 11) is -3.58. The van der Waals surface area contributed by atoms with Gasteiger partial charge < -0.3 is 9.52 Å². The van der Waals surface area contributed by atoms with Gasteiger partial charge in [0.1, 0.15) is 12.4 Å². The molecule has 2 rings (SSSR count). The number of hydrogen-bond donors (Lipinski definition) is 1. The Labute approximate surface area is 114 Å². The van der Waals surface area contributed by atoms with Crippen LogP contribution in [0.5, 0.6) is 0 Å². The summed E-state index contributed by atoms with van der Waals surface area (Å²) in [4.78, 5) is 0. The van der Waals surface area contributed by atoms with Gasteiger partial charge >= 0.3 is 0 Å². The van der Waals surface area contributed by atoms with Crippen molar-refractivity contribution in [2.75, 3.05) is 6.54 Å². The molecule has 0 aliphatic carbocycles. The minimum absolute atomic E-state index is 0.0511. The number of aliphatic hydroxyl groups excluding tert-OH is 1. The molecule has 0 saturated carbocycles. The fourth-order valence-electron chi connectivity index (χ4n) is 2.57. The Hall–Kier alpha value is -0.850. The van der Waals surface area contributed by atoms with E-state index in [0.29, 0.717) is 6.54 Å². The zero-order chi connectivity index (χ0) is 13.9. The van der Waals surface area contributed by atoms with E-state index < -0.39 is 10.0 Å². The summed E-state index contributed by atoms with van der Waals surface area (Å²) < 4.78 is 32.0. The van der Waals surface area contributed by atoms with E-state index in [1.54, 1.807) is 4.31 Å². The number of aliphatic hydroxyl groups is 1. The van der Waals surface area contributed by atoms with Gasteiger partial charge in [0.05, 0.1) is 0 Å². The van der Waals surface area contributed by atoms with E-state index in [4.69, 9.17) is 9.52 Å². The topological polar surface area (TPSA) is 70.8 Å². The first kappa shape index (κ1) is 14.6. The van der Waals surface area contributed by atoms with Gasteiger partial charge in [0, 0.05) is 12.6 Å². The maximum absolute atomic E-state index is 12.6. The monoisotopic (exact) mass is 287 g/mol. The second-order valence-electron chi connectivity index (χ2n) is 4.91. The highest BCUT2D eigenvalue weighted by molar-refractivity contribution is 7.89. The van der Waals surface area contributed by atoms with Crippen molar-refractivity contribution in [2.45, 2.75) is 56.8 Å². The average molecular weight is 287 g/mol. The molecule has 5 nitrogen and oxygen atoms in total. The molecular formula is C13H21NO4S. The summed E-state index contributed by atoms with van der Waals surface area (Å²) in [5.74, 6) is 0.279. The Morgan fingerprint density at radius 2 is 2.16 bits per heavy atom. The van der Waals surface area contributed by atoms with Crippen LogP contribution in [0.2, 0.25) is 0 Å². The highest BCUT2D eigenvalue weighted by Gasteiger charge is 2.33. The summed E-state index contributed by atoms with van der Waals surface area (Å²) in [6, 6.07) is 2.99. The molecule has 19 heavy (non-hydrogen) atoms. The Morgan fingerprint density at radius 3 is 2.79 bits per heavy atom. The Balaban J connectivity index is 2.30. The van der Waals surface area contributed by atoms with Gasteiger partial charge in [-0.1, -0.05) is 19.8 Å². The van der Waals surface area contributed by atoms with Crippen LogP contribution in [0.25, 0.3) is 0 Å². The Morgan fingerprint density at radius 1 is 1.37 bits per heavy atom. The van der Waals surface area contributed by atoms with E-state index in [0.717, 1.165) is 32.1 Å². The largest absolute Gasteiger partial charge is 0.446 e. The first-order chi connectivity index (χ1) is 9.09. The van der Waals surface area contributed by atoms with E-state index >= 15 is 0 Å². The lowest BCUT2D eigenvalue weighted by atomic mass is 10.1. The van der Waals surface area contributed by atoms with Crippen LogP contribution < -0.4 is 0 Å². The first-order valence-electron chi connectivity index (χ1n) is 6.81. The van der Waals surface area contributed by atoms with Crippen LogP contribution in [0.15, 0.2) is 21.6 Å². The third kappa shape index (κ3) is 3.01. The van der Waals surface area contributed by atoms with Crippen molar-refractivity contribution >= 4 is 10.0 Å². The quantitative estimate of drug-likeness (QED) is 0.920. The van der Waals surface area contributed by atoms with Gasteiger partial charge in [-0.05, 0) is 31.4 Å². The van der Waals surface area contributed by atoms with Gasteiger partial charge in [0.25, 0.3) is 10.0 Å². The molecule has 1 aliphatic heterocycles. The van der Waals surface area contributed by atoms with Crippen LogP contribution in [0.3, 0.4) is 0 Å². The zero-order valence-electron chi connectivity index (χ0n) is 11.2. The lowest BCUT2D eigenvalue weighted by Crippen LogP contribution is -2.39. The summed E-state index contributed by atoms with van der Waals surface area (Å²) in [5, 5.41) is 8.91. The molecule has 1 aliphatic rings. The second kappa shape index (κ2) is 6.07. The minimum atomic E-state index is -3.58. The van der Waals surface area contributed by atoms with Crippen LogP contribution in [0, 0.1) is 0 Å². The smallest absolute Gasteiger partial charge is 0.276 e. The molecule has 1 aromatic heterocycles.